The minimum absolute atomic E-state index is 0.350. The van der Waals surface area contributed by atoms with Gasteiger partial charge in [-0.15, -0.1) is 0 Å². The molecular formula is C17H28N2O2S. The van der Waals surface area contributed by atoms with E-state index in [0.717, 1.165) is 25.1 Å². The number of benzene rings is 1. The van der Waals surface area contributed by atoms with Gasteiger partial charge in [-0.05, 0) is 57.8 Å². The predicted octanol–water partition coefficient (Wildman–Crippen LogP) is 2.93. The van der Waals surface area contributed by atoms with Crippen molar-refractivity contribution in [1.29, 1.82) is 0 Å². The summed E-state index contributed by atoms with van der Waals surface area (Å²) in [5, 5.41) is 0. The lowest BCUT2D eigenvalue weighted by molar-refractivity contribution is 0.143. The lowest BCUT2D eigenvalue weighted by atomic mass is 10.00. The second-order valence-electron chi connectivity index (χ2n) is 6.16. The number of likely N-dealkylation sites (tertiary alicyclic amines) is 1. The van der Waals surface area contributed by atoms with Gasteiger partial charge in [-0.25, -0.2) is 13.1 Å². The van der Waals surface area contributed by atoms with Crippen LogP contribution in [0, 0.1) is 6.92 Å². The topological polar surface area (TPSA) is 49.4 Å². The number of piperidine rings is 1. The first-order chi connectivity index (χ1) is 10.5. The lowest BCUT2D eigenvalue weighted by Crippen LogP contribution is -2.40. The molecule has 1 saturated heterocycles. The first-order valence-corrected chi connectivity index (χ1v) is 9.81. The second-order valence-corrected chi connectivity index (χ2v) is 7.93. The van der Waals surface area contributed by atoms with Crippen LogP contribution in [0.2, 0.25) is 0 Å². The Kier molecular flexibility index (Phi) is 6.41. The van der Waals surface area contributed by atoms with Crippen molar-refractivity contribution in [3.05, 3.63) is 29.8 Å². The summed E-state index contributed by atoms with van der Waals surface area (Å²) in [4.78, 5) is 2.87. The molecule has 124 valence electrons. The molecule has 1 atom stereocenters. The maximum Gasteiger partial charge on any atom is 0.240 e. The fourth-order valence-electron chi connectivity index (χ4n) is 3.11. The van der Waals surface area contributed by atoms with Crippen molar-refractivity contribution >= 4 is 10.0 Å². The van der Waals surface area contributed by atoms with Gasteiger partial charge in [0, 0.05) is 12.6 Å². The van der Waals surface area contributed by atoms with E-state index >= 15 is 0 Å². The molecule has 1 aromatic rings. The Labute approximate surface area is 135 Å². The third-order valence-corrected chi connectivity index (χ3v) is 5.94. The molecule has 22 heavy (non-hydrogen) atoms. The van der Waals surface area contributed by atoms with Gasteiger partial charge in [-0.2, -0.15) is 0 Å². The molecule has 0 amide bonds. The Morgan fingerprint density at radius 3 is 2.64 bits per heavy atom. The van der Waals surface area contributed by atoms with E-state index in [2.05, 4.69) is 16.5 Å². The van der Waals surface area contributed by atoms with Crippen LogP contribution in [0.1, 0.15) is 44.6 Å². The highest BCUT2D eigenvalue weighted by Crippen LogP contribution is 2.19. The van der Waals surface area contributed by atoms with E-state index < -0.39 is 10.0 Å². The zero-order valence-corrected chi connectivity index (χ0v) is 14.5. The summed E-state index contributed by atoms with van der Waals surface area (Å²) in [7, 11) is -3.37. The van der Waals surface area contributed by atoms with Gasteiger partial charge in [-0.3, -0.25) is 0 Å². The molecule has 0 saturated carbocycles. The van der Waals surface area contributed by atoms with Crippen LogP contribution in [0.3, 0.4) is 0 Å². The van der Waals surface area contributed by atoms with Gasteiger partial charge in [-0.1, -0.05) is 31.0 Å². The van der Waals surface area contributed by atoms with E-state index in [4.69, 9.17) is 0 Å². The Hall–Kier alpha value is -0.910. The van der Waals surface area contributed by atoms with Crippen molar-refractivity contribution in [2.75, 3.05) is 19.6 Å². The minimum Gasteiger partial charge on any atom is -0.300 e. The molecule has 5 heteroatoms. The maximum absolute atomic E-state index is 12.2. The zero-order valence-electron chi connectivity index (χ0n) is 13.7. The number of nitrogens with zero attached hydrogens (tertiary/aromatic N) is 1. The summed E-state index contributed by atoms with van der Waals surface area (Å²) in [5.74, 6) is 0. The summed E-state index contributed by atoms with van der Waals surface area (Å²) < 4.78 is 27.1. The zero-order chi connectivity index (χ0) is 16.0. The van der Waals surface area contributed by atoms with E-state index in [1.165, 1.54) is 25.7 Å². The van der Waals surface area contributed by atoms with E-state index in [9.17, 15) is 8.42 Å². The fourth-order valence-corrected chi connectivity index (χ4v) is 4.18. The van der Waals surface area contributed by atoms with Gasteiger partial charge < -0.3 is 4.90 Å². The number of aryl methyl sites for hydroxylation is 1. The van der Waals surface area contributed by atoms with Gasteiger partial charge in [0.2, 0.25) is 10.0 Å². The van der Waals surface area contributed by atoms with E-state index in [1.807, 2.05) is 19.1 Å². The Bertz CT molecular complexity index is 555. The van der Waals surface area contributed by atoms with Gasteiger partial charge in [0.1, 0.15) is 0 Å². The first kappa shape index (κ1) is 17.4. The molecule has 1 aliphatic rings. The molecule has 1 aliphatic heterocycles. The van der Waals surface area contributed by atoms with Crippen LogP contribution >= 0.6 is 0 Å². The van der Waals surface area contributed by atoms with Gasteiger partial charge in [0.15, 0.2) is 0 Å². The van der Waals surface area contributed by atoms with Crippen molar-refractivity contribution < 1.29 is 8.42 Å². The predicted molar refractivity (Wildman–Crippen MR) is 90.5 cm³/mol. The SMILES string of the molecule is CC[C@@H]1CCCCN1CCCNS(=O)(=O)c1ccc(C)cc1. The van der Waals surface area contributed by atoms with Crippen LogP contribution in [-0.4, -0.2) is 39.0 Å². The summed E-state index contributed by atoms with van der Waals surface area (Å²) in [5.41, 5.74) is 1.06. The van der Waals surface area contributed by atoms with E-state index in [-0.39, 0.29) is 0 Å². The molecule has 0 unspecified atom stereocenters. The Morgan fingerprint density at radius 2 is 1.95 bits per heavy atom. The van der Waals surface area contributed by atoms with E-state index in [0.29, 0.717) is 17.5 Å². The summed E-state index contributed by atoms with van der Waals surface area (Å²) in [6, 6.07) is 7.66. The molecule has 0 radical (unpaired) electrons. The molecule has 0 bridgehead atoms. The Morgan fingerprint density at radius 1 is 1.23 bits per heavy atom. The van der Waals surface area contributed by atoms with Crippen LogP contribution < -0.4 is 4.72 Å². The number of nitrogens with one attached hydrogen (secondary N) is 1. The average molecular weight is 324 g/mol. The molecule has 4 nitrogen and oxygen atoms in total. The summed E-state index contributed by atoms with van der Waals surface area (Å²) in [6.45, 7) is 6.83. The van der Waals surface area contributed by atoms with Crippen LogP contribution in [0.5, 0.6) is 0 Å². The molecule has 1 aromatic carbocycles. The molecule has 1 fully saturated rings. The highest BCUT2D eigenvalue weighted by atomic mass is 32.2. The summed E-state index contributed by atoms with van der Waals surface area (Å²) >= 11 is 0. The normalized spacial score (nSPS) is 20.2. The monoisotopic (exact) mass is 324 g/mol. The van der Waals surface area contributed by atoms with Crippen LogP contribution in [0.15, 0.2) is 29.2 Å². The van der Waals surface area contributed by atoms with Crippen LogP contribution in [0.4, 0.5) is 0 Å². The molecule has 1 heterocycles. The number of rotatable bonds is 7. The lowest BCUT2D eigenvalue weighted by Gasteiger charge is -2.35. The average Bonchev–Trinajstić information content (AvgIpc) is 2.52. The van der Waals surface area contributed by atoms with Crippen LogP contribution in [-0.2, 0) is 10.0 Å². The number of sulfonamides is 1. The standard InChI is InChI=1S/C17H28N2O2S/c1-3-16-7-4-5-13-19(16)14-6-12-18-22(20,21)17-10-8-15(2)9-11-17/h8-11,16,18H,3-7,12-14H2,1-2H3/t16-/m1/s1. The molecule has 2 rings (SSSR count). The third-order valence-electron chi connectivity index (χ3n) is 4.47. The van der Waals surface area contributed by atoms with Gasteiger partial charge in [0.05, 0.1) is 4.90 Å². The first-order valence-electron chi connectivity index (χ1n) is 8.33. The quantitative estimate of drug-likeness (QED) is 0.785. The van der Waals surface area contributed by atoms with Crippen molar-refractivity contribution in [3.63, 3.8) is 0 Å². The molecular weight excluding hydrogens is 296 g/mol. The highest BCUT2D eigenvalue weighted by molar-refractivity contribution is 7.89. The van der Waals surface area contributed by atoms with Crippen molar-refractivity contribution in [3.8, 4) is 0 Å². The molecule has 1 N–H and O–H groups in total. The largest absolute Gasteiger partial charge is 0.300 e. The van der Waals surface area contributed by atoms with Crippen LogP contribution in [0.25, 0.3) is 0 Å². The van der Waals surface area contributed by atoms with Crippen molar-refractivity contribution in [2.24, 2.45) is 0 Å². The highest BCUT2D eigenvalue weighted by Gasteiger charge is 2.20. The Balaban J connectivity index is 1.79. The number of hydrogen-bond donors (Lipinski definition) is 1. The minimum atomic E-state index is -3.37. The van der Waals surface area contributed by atoms with Crippen molar-refractivity contribution in [2.45, 2.75) is 56.9 Å². The van der Waals surface area contributed by atoms with Gasteiger partial charge >= 0.3 is 0 Å². The second kappa shape index (κ2) is 8.09. The molecule has 0 aromatic heterocycles. The third kappa shape index (κ3) is 4.80. The van der Waals surface area contributed by atoms with Crippen molar-refractivity contribution in [1.82, 2.24) is 9.62 Å². The molecule has 0 aliphatic carbocycles. The van der Waals surface area contributed by atoms with E-state index in [1.54, 1.807) is 12.1 Å². The fraction of sp³-hybridized carbons (Fsp3) is 0.647. The van der Waals surface area contributed by atoms with Gasteiger partial charge in [0.25, 0.3) is 0 Å². The summed E-state index contributed by atoms with van der Waals surface area (Å²) in [6.07, 6.45) is 5.93. The molecule has 0 spiro atoms. The number of hydrogen-bond acceptors (Lipinski definition) is 3. The smallest absolute Gasteiger partial charge is 0.240 e. The maximum atomic E-state index is 12.2.